The lowest BCUT2D eigenvalue weighted by molar-refractivity contribution is -0.139. The van der Waals surface area contributed by atoms with E-state index in [2.05, 4.69) is 5.32 Å². The molecule has 2 rings (SSSR count). The highest BCUT2D eigenvalue weighted by atomic mass is 35.5. The molecule has 0 unspecified atom stereocenters. The van der Waals surface area contributed by atoms with E-state index in [-0.39, 0.29) is 18.5 Å². The summed E-state index contributed by atoms with van der Waals surface area (Å²) < 4.78 is 31.7. The lowest BCUT2D eigenvalue weighted by Crippen LogP contribution is -2.52. The minimum atomic E-state index is -3.83. The molecule has 35 heavy (non-hydrogen) atoms. The number of halogens is 1. The molecule has 0 heterocycles. The van der Waals surface area contributed by atoms with Crippen LogP contribution in [-0.2, 0) is 26.2 Å². The topological polar surface area (TPSA) is 96.0 Å². The number of nitrogens with zero attached hydrogens (tertiary/aromatic N) is 2. The molecule has 0 saturated heterocycles. The largest absolute Gasteiger partial charge is 0.497 e. The summed E-state index contributed by atoms with van der Waals surface area (Å²) in [5.41, 5.74) is 1.59. The number of hydrogen-bond donors (Lipinski definition) is 1. The number of nitrogens with one attached hydrogen (secondary N) is 1. The smallest absolute Gasteiger partial charge is 0.244 e. The lowest BCUT2D eigenvalue weighted by atomic mass is 10.1. The number of rotatable bonds is 11. The van der Waals surface area contributed by atoms with Crippen molar-refractivity contribution >= 4 is 39.1 Å². The quantitative estimate of drug-likeness (QED) is 0.484. The zero-order chi connectivity index (χ0) is 26.3. The molecule has 0 fully saturated rings. The number of carbonyl (C=O) groups is 2. The second kappa shape index (κ2) is 12.3. The molecule has 0 aliphatic heterocycles. The lowest BCUT2D eigenvalue weighted by Gasteiger charge is -2.32. The van der Waals surface area contributed by atoms with E-state index in [1.54, 1.807) is 57.4 Å². The van der Waals surface area contributed by atoms with Crippen LogP contribution in [0.1, 0.15) is 38.3 Å². The van der Waals surface area contributed by atoms with Gasteiger partial charge in [-0.1, -0.05) is 36.7 Å². The van der Waals surface area contributed by atoms with Crippen molar-refractivity contribution in [3.8, 4) is 5.75 Å². The SMILES string of the molecule is CC[C@H](C)NC(=O)[C@H](C)N(Cc1cccc(OC)c1)C(=O)CN(c1cccc(Cl)c1C)S(C)(=O)=O. The summed E-state index contributed by atoms with van der Waals surface area (Å²) in [5, 5.41) is 3.29. The molecule has 10 heteroatoms. The number of sulfonamides is 1. The summed E-state index contributed by atoms with van der Waals surface area (Å²) in [6, 6.07) is 11.1. The van der Waals surface area contributed by atoms with Crippen molar-refractivity contribution in [2.75, 3.05) is 24.2 Å². The molecule has 8 nitrogen and oxygen atoms in total. The first-order valence-electron chi connectivity index (χ1n) is 11.3. The van der Waals surface area contributed by atoms with E-state index in [0.717, 1.165) is 22.5 Å². The Hall–Kier alpha value is -2.78. The third-order valence-electron chi connectivity index (χ3n) is 5.84. The zero-order valence-electron chi connectivity index (χ0n) is 21.0. The minimum absolute atomic E-state index is 0.0691. The third-order valence-corrected chi connectivity index (χ3v) is 7.38. The van der Waals surface area contributed by atoms with Gasteiger partial charge in [-0.2, -0.15) is 0 Å². The number of hydrogen-bond acceptors (Lipinski definition) is 5. The Labute approximate surface area is 213 Å². The van der Waals surface area contributed by atoms with Gasteiger partial charge in [0.1, 0.15) is 18.3 Å². The van der Waals surface area contributed by atoms with Crippen molar-refractivity contribution in [2.45, 2.75) is 52.7 Å². The van der Waals surface area contributed by atoms with E-state index in [1.165, 1.54) is 4.90 Å². The predicted octanol–water partition coefficient (Wildman–Crippen LogP) is 3.76. The van der Waals surface area contributed by atoms with Crippen LogP contribution in [0.5, 0.6) is 5.75 Å². The summed E-state index contributed by atoms with van der Waals surface area (Å²) in [4.78, 5) is 27.9. The Morgan fingerprint density at radius 1 is 1.14 bits per heavy atom. The molecule has 0 saturated carbocycles. The summed E-state index contributed by atoms with van der Waals surface area (Å²) in [6.45, 7) is 6.77. The fourth-order valence-corrected chi connectivity index (χ4v) is 4.55. The van der Waals surface area contributed by atoms with Gasteiger partial charge in [-0.05, 0) is 62.6 Å². The maximum atomic E-state index is 13.6. The Kier molecular flexibility index (Phi) is 9.97. The van der Waals surface area contributed by atoms with Crippen molar-refractivity contribution in [3.63, 3.8) is 0 Å². The van der Waals surface area contributed by atoms with Crippen molar-refractivity contribution in [1.29, 1.82) is 0 Å². The fraction of sp³-hybridized carbons (Fsp3) is 0.440. The zero-order valence-corrected chi connectivity index (χ0v) is 22.6. The monoisotopic (exact) mass is 523 g/mol. The fourth-order valence-electron chi connectivity index (χ4n) is 3.48. The average Bonchev–Trinajstić information content (AvgIpc) is 2.81. The molecule has 192 valence electrons. The molecular weight excluding hydrogens is 490 g/mol. The molecule has 1 N–H and O–H groups in total. The van der Waals surface area contributed by atoms with Crippen molar-refractivity contribution < 1.29 is 22.7 Å². The predicted molar refractivity (Wildman–Crippen MR) is 139 cm³/mol. The van der Waals surface area contributed by atoms with Crippen LogP contribution >= 0.6 is 11.6 Å². The molecular formula is C25H34ClN3O5S. The van der Waals surface area contributed by atoms with Gasteiger partial charge in [-0.3, -0.25) is 13.9 Å². The molecule has 0 aliphatic rings. The van der Waals surface area contributed by atoms with E-state index in [4.69, 9.17) is 16.3 Å². The number of methoxy groups -OCH3 is 1. The molecule has 0 bridgehead atoms. The normalized spacial score (nSPS) is 13.0. The molecule has 0 spiro atoms. The number of amides is 2. The van der Waals surface area contributed by atoms with Gasteiger partial charge in [0.25, 0.3) is 0 Å². The Morgan fingerprint density at radius 2 is 1.80 bits per heavy atom. The van der Waals surface area contributed by atoms with Crippen LogP contribution in [0.2, 0.25) is 5.02 Å². The highest BCUT2D eigenvalue weighted by molar-refractivity contribution is 7.92. The first-order chi connectivity index (χ1) is 16.4. The van der Waals surface area contributed by atoms with Crippen LogP contribution in [0.4, 0.5) is 5.69 Å². The maximum Gasteiger partial charge on any atom is 0.244 e. The Bertz CT molecular complexity index is 1160. The first kappa shape index (κ1) is 28.5. The van der Waals surface area contributed by atoms with E-state index < -0.39 is 28.5 Å². The van der Waals surface area contributed by atoms with Gasteiger partial charge in [-0.15, -0.1) is 0 Å². The highest BCUT2D eigenvalue weighted by Gasteiger charge is 2.31. The van der Waals surface area contributed by atoms with Gasteiger partial charge >= 0.3 is 0 Å². The molecule has 2 atom stereocenters. The van der Waals surface area contributed by atoms with E-state index in [1.807, 2.05) is 19.9 Å². The summed E-state index contributed by atoms with van der Waals surface area (Å²) in [5.74, 6) is -0.233. The van der Waals surface area contributed by atoms with Crippen molar-refractivity contribution in [1.82, 2.24) is 10.2 Å². The molecule has 2 aromatic carbocycles. The van der Waals surface area contributed by atoms with Crippen molar-refractivity contribution in [2.24, 2.45) is 0 Å². The first-order valence-corrected chi connectivity index (χ1v) is 13.6. The molecule has 0 radical (unpaired) electrons. The third kappa shape index (κ3) is 7.60. The minimum Gasteiger partial charge on any atom is -0.497 e. The maximum absolute atomic E-state index is 13.6. The Morgan fingerprint density at radius 3 is 2.40 bits per heavy atom. The average molecular weight is 524 g/mol. The summed E-state index contributed by atoms with van der Waals surface area (Å²) >= 11 is 6.22. The van der Waals surface area contributed by atoms with Crippen LogP contribution in [0.3, 0.4) is 0 Å². The van der Waals surface area contributed by atoms with Gasteiger partial charge < -0.3 is 15.0 Å². The number of carbonyl (C=O) groups excluding carboxylic acids is 2. The number of benzene rings is 2. The Balaban J connectivity index is 2.45. The second-order valence-electron chi connectivity index (χ2n) is 8.52. The van der Waals surface area contributed by atoms with Crippen LogP contribution in [-0.4, -0.2) is 57.1 Å². The van der Waals surface area contributed by atoms with Crippen molar-refractivity contribution in [3.05, 3.63) is 58.6 Å². The van der Waals surface area contributed by atoms with Crippen LogP contribution in [0.25, 0.3) is 0 Å². The highest BCUT2D eigenvalue weighted by Crippen LogP contribution is 2.28. The van der Waals surface area contributed by atoms with Gasteiger partial charge in [-0.25, -0.2) is 8.42 Å². The summed E-state index contributed by atoms with van der Waals surface area (Å²) in [7, 11) is -2.29. The molecule has 2 aromatic rings. The summed E-state index contributed by atoms with van der Waals surface area (Å²) in [6.07, 6.45) is 1.77. The van der Waals surface area contributed by atoms with E-state index >= 15 is 0 Å². The van der Waals surface area contributed by atoms with Gasteiger partial charge in [0.2, 0.25) is 21.8 Å². The number of anilines is 1. The van der Waals surface area contributed by atoms with E-state index in [9.17, 15) is 18.0 Å². The van der Waals surface area contributed by atoms with Crippen LogP contribution in [0, 0.1) is 6.92 Å². The van der Waals surface area contributed by atoms with Crippen LogP contribution in [0.15, 0.2) is 42.5 Å². The van der Waals surface area contributed by atoms with E-state index in [0.29, 0.717) is 22.0 Å². The van der Waals surface area contributed by atoms with Crippen LogP contribution < -0.4 is 14.4 Å². The number of ether oxygens (including phenoxy) is 1. The van der Waals surface area contributed by atoms with Gasteiger partial charge in [0, 0.05) is 17.6 Å². The molecule has 0 aliphatic carbocycles. The van der Waals surface area contributed by atoms with Gasteiger partial charge in [0.15, 0.2) is 0 Å². The standard InChI is InChI=1S/C25H34ClN3O5S/c1-7-17(2)27-25(31)19(4)28(15-20-10-8-11-21(14-20)34-5)24(30)16-29(35(6,32)33)23-13-9-12-22(26)18(23)3/h8-14,17,19H,7,15-16H2,1-6H3,(H,27,31)/t17-,19-/m0/s1. The second-order valence-corrected chi connectivity index (χ2v) is 10.8. The molecule has 2 amide bonds. The van der Waals surface area contributed by atoms with Gasteiger partial charge in [0.05, 0.1) is 19.1 Å². The molecule has 0 aromatic heterocycles.